The molecule has 0 atom stereocenters. The summed E-state index contributed by atoms with van der Waals surface area (Å²) in [7, 11) is 3.22. The van der Waals surface area contributed by atoms with Crippen LogP contribution in [0.1, 0.15) is 56.1 Å². The Balaban J connectivity index is 1.66. The average molecular weight is 390 g/mol. The summed E-state index contributed by atoms with van der Waals surface area (Å²) in [4.78, 5) is 15.4. The van der Waals surface area contributed by atoms with Crippen molar-refractivity contribution in [3.05, 3.63) is 29.3 Å². The molecule has 0 aromatic heterocycles. The number of hydrogen-bond donors (Lipinski definition) is 2. The molecule has 0 spiro atoms. The number of rotatable bonds is 12. The summed E-state index contributed by atoms with van der Waals surface area (Å²) in [5, 5.41) is 6.72. The van der Waals surface area contributed by atoms with Gasteiger partial charge in [0.25, 0.3) is 0 Å². The Hall–Kier alpha value is -2.24. The predicted octanol–water partition coefficient (Wildman–Crippen LogP) is 3.57. The van der Waals surface area contributed by atoms with Gasteiger partial charge < -0.3 is 20.1 Å². The van der Waals surface area contributed by atoms with Crippen molar-refractivity contribution in [2.75, 3.05) is 27.3 Å². The third-order valence-electron chi connectivity index (χ3n) is 4.89. The molecule has 1 aliphatic rings. The lowest BCUT2D eigenvalue weighted by atomic mass is 10.1. The number of ether oxygens (including phenoxy) is 2. The quantitative estimate of drug-likeness (QED) is 0.247. The van der Waals surface area contributed by atoms with Gasteiger partial charge in [0, 0.05) is 32.1 Å². The maximum absolute atomic E-state index is 11.1. The first-order valence-corrected chi connectivity index (χ1v) is 10.4. The summed E-state index contributed by atoms with van der Waals surface area (Å²) in [6.07, 6.45) is 7.14. The fraction of sp³-hybridized carbons (Fsp3) is 0.636. The molecule has 1 aromatic rings. The van der Waals surface area contributed by atoms with Crippen LogP contribution in [0.15, 0.2) is 23.2 Å². The molecular formula is C22H35N3O3. The van der Waals surface area contributed by atoms with Gasteiger partial charge in [-0.25, -0.2) is 0 Å². The lowest BCUT2D eigenvalue weighted by Crippen LogP contribution is -2.37. The largest absolute Gasteiger partial charge is 0.493 e. The van der Waals surface area contributed by atoms with Crippen LogP contribution in [0.2, 0.25) is 0 Å². The zero-order chi connectivity index (χ0) is 20.2. The van der Waals surface area contributed by atoms with E-state index in [4.69, 9.17) is 4.74 Å². The Labute approximate surface area is 169 Å². The van der Waals surface area contributed by atoms with Crippen molar-refractivity contribution < 1.29 is 14.3 Å². The minimum atomic E-state index is -0.126. The minimum Gasteiger partial charge on any atom is -0.493 e. The maximum Gasteiger partial charge on any atom is 0.305 e. The third-order valence-corrected chi connectivity index (χ3v) is 4.89. The number of hydrogen-bond acceptors (Lipinski definition) is 4. The predicted molar refractivity (Wildman–Crippen MR) is 113 cm³/mol. The second-order valence-electron chi connectivity index (χ2n) is 7.46. The van der Waals surface area contributed by atoms with E-state index in [1.807, 2.05) is 0 Å². The molecule has 0 bridgehead atoms. The zero-order valence-electron chi connectivity index (χ0n) is 17.6. The van der Waals surface area contributed by atoms with E-state index in [1.54, 1.807) is 7.05 Å². The van der Waals surface area contributed by atoms with E-state index in [0.717, 1.165) is 62.0 Å². The van der Waals surface area contributed by atoms with Gasteiger partial charge in [-0.1, -0.05) is 25.0 Å². The topological polar surface area (TPSA) is 72.0 Å². The molecule has 0 heterocycles. The number of nitrogens with one attached hydrogen (secondary N) is 2. The summed E-state index contributed by atoms with van der Waals surface area (Å²) >= 11 is 0. The van der Waals surface area contributed by atoms with Crippen LogP contribution in [-0.2, 0) is 16.1 Å². The number of carbonyl (C=O) groups is 1. The molecule has 28 heavy (non-hydrogen) atoms. The molecule has 0 amide bonds. The van der Waals surface area contributed by atoms with E-state index in [9.17, 15) is 4.79 Å². The van der Waals surface area contributed by atoms with Gasteiger partial charge in [0.1, 0.15) is 5.75 Å². The summed E-state index contributed by atoms with van der Waals surface area (Å²) in [6.45, 7) is 4.45. The summed E-state index contributed by atoms with van der Waals surface area (Å²) in [6, 6.07) is 6.36. The Morgan fingerprint density at radius 3 is 2.68 bits per heavy atom. The normalized spacial score (nSPS) is 13.9. The fourth-order valence-electron chi connectivity index (χ4n) is 2.89. The second kappa shape index (κ2) is 12.3. The molecule has 156 valence electrons. The van der Waals surface area contributed by atoms with Crippen molar-refractivity contribution in [1.82, 2.24) is 10.6 Å². The molecule has 6 nitrogen and oxygen atoms in total. The highest BCUT2D eigenvalue weighted by atomic mass is 16.5. The number of nitrogens with zero attached hydrogens (tertiary/aromatic N) is 1. The molecule has 1 saturated carbocycles. The van der Waals surface area contributed by atoms with Crippen molar-refractivity contribution in [3.63, 3.8) is 0 Å². The van der Waals surface area contributed by atoms with E-state index in [0.29, 0.717) is 13.0 Å². The van der Waals surface area contributed by atoms with E-state index < -0.39 is 0 Å². The molecule has 0 saturated heterocycles. The van der Waals surface area contributed by atoms with Crippen LogP contribution in [0.3, 0.4) is 0 Å². The molecule has 0 unspecified atom stereocenters. The van der Waals surface area contributed by atoms with Crippen LogP contribution in [0.5, 0.6) is 5.75 Å². The van der Waals surface area contributed by atoms with Crippen LogP contribution in [0.4, 0.5) is 0 Å². The third kappa shape index (κ3) is 8.63. The molecule has 2 N–H and O–H groups in total. The number of carbonyl (C=O) groups excluding carboxylic acids is 1. The van der Waals surface area contributed by atoms with E-state index in [-0.39, 0.29) is 5.97 Å². The average Bonchev–Trinajstić information content (AvgIpc) is 3.53. The fourth-order valence-corrected chi connectivity index (χ4v) is 2.89. The lowest BCUT2D eigenvalue weighted by Gasteiger charge is -2.15. The lowest BCUT2D eigenvalue weighted by molar-refractivity contribution is -0.140. The summed E-state index contributed by atoms with van der Waals surface area (Å²) < 4.78 is 10.7. The van der Waals surface area contributed by atoms with Crippen LogP contribution in [-0.4, -0.2) is 39.2 Å². The van der Waals surface area contributed by atoms with Gasteiger partial charge in [0.05, 0.1) is 13.7 Å². The Kier molecular flexibility index (Phi) is 9.66. The standard InChI is InChI=1S/C22H35N3O3/c1-17-9-12-19(20(14-17)28-16-18-10-11-18)15-25-22(23-2)24-13-7-5-4-6-8-21(26)27-3/h9,12,14,18H,4-8,10-11,13,15-16H2,1-3H3,(H2,23,24,25). The Bertz CT molecular complexity index is 642. The molecule has 1 aromatic carbocycles. The molecule has 1 aliphatic carbocycles. The highest BCUT2D eigenvalue weighted by Gasteiger charge is 2.22. The Morgan fingerprint density at radius 2 is 1.96 bits per heavy atom. The molecule has 0 radical (unpaired) electrons. The van der Waals surface area contributed by atoms with Crippen LogP contribution in [0.25, 0.3) is 0 Å². The highest BCUT2D eigenvalue weighted by Crippen LogP contribution is 2.30. The number of aliphatic imine (C=N–C) groups is 1. The first-order valence-electron chi connectivity index (χ1n) is 10.4. The van der Waals surface area contributed by atoms with Crippen molar-refractivity contribution >= 4 is 11.9 Å². The van der Waals surface area contributed by atoms with Crippen molar-refractivity contribution in [1.29, 1.82) is 0 Å². The number of methoxy groups -OCH3 is 1. The van der Waals surface area contributed by atoms with Crippen LogP contribution in [0, 0.1) is 12.8 Å². The number of unbranched alkanes of at least 4 members (excludes halogenated alkanes) is 3. The first-order chi connectivity index (χ1) is 13.6. The van der Waals surface area contributed by atoms with Gasteiger partial charge in [-0.3, -0.25) is 9.79 Å². The monoisotopic (exact) mass is 389 g/mol. The van der Waals surface area contributed by atoms with Gasteiger partial charge in [-0.05, 0) is 50.2 Å². The van der Waals surface area contributed by atoms with Gasteiger partial charge in [-0.2, -0.15) is 0 Å². The highest BCUT2D eigenvalue weighted by molar-refractivity contribution is 5.79. The van der Waals surface area contributed by atoms with Crippen molar-refractivity contribution in [2.45, 2.75) is 58.4 Å². The number of benzene rings is 1. The van der Waals surface area contributed by atoms with E-state index >= 15 is 0 Å². The molecular weight excluding hydrogens is 354 g/mol. The van der Waals surface area contributed by atoms with Crippen molar-refractivity contribution in [3.8, 4) is 5.75 Å². The number of esters is 1. The zero-order valence-corrected chi connectivity index (χ0v) is 17.6. The van der Waals surface area contributed by atoms with E-state index in [1.165, 1.54) is 25.5 Å². The molecule has 0 aliphatic heterocycles. The number of guanidine groups is 1. The van der Waals surface area contributed by atoms with Crippen LogP contribution < -0.4 is 15.4 Å². The van der Waals surface area contributed by atoms with Crippen molar-refractivity contribution in [2.24, 2.45) is 10.9 Å². The summed E-state index contributed by atoms with van der Waals surface area (Å²) in [5.74, 6) is 2.38. The molecule has 1 fully saturated rings. The summed E-state index contributed by atoms with van der Waals surface area (Å²) in [5.41, 5.74) is 2.36. The van der Waals surface area contributed by atoms with Gasteiger partial charge in [0.2, 0.25) is 0 Å². The van der Waals surface area contributed by atoms with E-state index in [2.05, 4.69) is 45.5 Å². The van der Waals surface area contributed by atoms with Gasteiger partial charge in [-0.15, -0.1) is 0 Å². The first kappa shape index (κ1) is 22.1. The number of aryl methyl sites for hydroxylation is 1. The molecule has 6 heteroatoms. The minimum absolute atomic E-state index is 0.126. The van der Waals surface area contributed by atoms with Gasteiger partial charge >= 0.3 is 5.97 Å². The SMILES string of the molecule is CN=C(NCCCCCCC(=O)OC)NCc1ccc(C)cc1OCC1CC1. The second-order valence-corrected chi connectivity index (χ2v) is 7.46. The van der Waals surface area contributed by atoms with Crippen LogP contribution >= 0.6 is 0 Å². The Morgan fingerprint density at radius 1 is 1.18 bits per heavy atom. The molecule has 2 rings (SSSR count). The smallest absolute Gasteiger partial charge is 0.305 e. The maximum atomic E-state index is 11.1. The van der Waals surface area contributed by atoms with Gasteiger partial charge in [0.15, 0.2) is 5.96 Å².